The number of benzene rings is 1. The third-order valence-corrected chi connectivity index (χ3v) is 6.94. The topological polar surface area (TPSA) is 101 Å². The highest BCUT2D eigenvalue weighted by molar-refractivity contribution is 5.85. The molecule has 174 valence electrons. The first-order valence-corrected chi connectivity index (χ1v) is 12.1. The van der Waals surface area contributed by atoms with Gasteiger partial charge >= 0.3 is 0 Å². The summed E-state index contributed by atoms with van der Waals surface area (Å²) in [5, 5.41) is 6.27. The Morgan fingerprint density at radius 1 is 1.06 bits per heavy atom. The fourth-order valence-electron chi connectivity index (χ4n) is 5.06. The first-order valence-electron chi connectivity index (χ1n) is 12.1. The Morgan fingerprint density at radius 2 is 1.79 bits per heavy atom. The highest BCUT2D eigenvalue weighted by Gasteiger charge is 2.41. The van der Waals surface area contributed by atoms with E-state index in [-0.39, 0.29) is 24.1 Å². The van der Waals surface area contributed by atoms with Crippen molar-refractivity contribution < 1.29 is 9.53 Å². The quantitative estimate of drug-likeness (QED) is 0.597. The van der Waals surface area contributed by atoms with Gasteiger partial charge in [-0.3, -0.25) is 14.7 Å². The summed E-state index contributed by atoms with van der Waals surface area (Å²) in [4.78, 5) is 35.0. The number of carbonyl (C=O) groups is 1. The average molecular weight is 450 g/mol. The molecule has 0 radical (unpaired) electrons. The Kier molecular flexibility index (Phi) is 6.26. The van der Waals surface area contributed by atoms with Crippen LogP contribution in [0.1, 0.15) is 69.9 Å². The molecule has 8 heteroatoms. The highest BCUT2D eigenvalue weighted by Crippen LogP contribution is 2.33. The van der Waals surface area contributed by atoms with Crippen LogP contribution in [0.5, 0.6) is 0 Å². The molecule has 1 amide bonds. The third kappa shape index (κ3) is 4.71. The maximum Gasteiger partial charge on any atom is 0.274 e. The zero-order chi connectivity index (χ0) is 22.7. The molecule has 2 saturated carbocycles. The van der Waals surface area contributed by atoms with Crippen LogP contribution in [0.4, 0.5) is 0 Å². The van der Waals surface area contributed by atoms with Crippen molar-refractivity contribution in [1.82, 2.24) is 24.9 Å². The third-order valence-electron chi connectivity index (χ3n) is 6.94. The summed E-state index contributed by atoms with van der Waals surface area (Å²) in [5.41, 5.74) is 0.267. The second kappa shape index (κ2) is 9.47. The highest BCUT2D eigenvalue weighted by atomic mass is 16.5. The number of nitrogens with one attached hydrogen (secondary N) is 2. The van der Waals surface area contributed by atoms with E-state index in [1.165, 1.54) is 29.8 Å². The van der Waals surface area contributed by atoms with Crippen LogP contribution in [0.15, 0.2) is 41.2 Å². The molecule has 2 aromatic heterocycles. The normalized spacial score (nSPS) is 18.9. The molecule has 0 aliphatic heterocycles. The van der Waals surface area contributed by atoms with Gasteiger partial charge in [-0.2, -0.15) is 9.50 Å². The fraction of sp³-hybridized carbons (Fsp3) is 0.520. The minimum Gasteiger partial charge on any atom is -0.359 e. The Morgan fingerprint density at radius 3 is 2.55 bits per heavy atom. The van der Waals surface area contributed by atoms with E-state index < -0.39 is 5.60 Å². The van der Waals surface area contributed by atoms with Gasteiger partial charge in [0.1, 0.15) is 5.60 Å². The van der Waals surface area contributed by atoms with Gasteiger partial charge in [-0.05, 0) is 25.7 Å². The van der Waals surface area contributed by atoms with Gasteiger partial charge in [0, 0.05) is 17.7 Å². The van der Waals surface area contributed by atoms with E-state index in [0.717, 1.165) is 37.7 Å². The largest absolute Gasteiger partial charge is 0.359 e. The molecule has 2 aliphatic carbocycles. The molecule has 2 aliphatic rings. The number of ether oxygens (including phenoxy) is 1. The van der Waals surface area contributed by atoms with Gasteiger partial charge in [0.25, 0.3) is 17.2 Å². The number of aromatic amines is 1. The first-order chi connectivity index (χ1) is 16.1. The van der Waals surface area contributed by atoms with Gasteiger partial charge in [0.15, 0.2) is 5.82 Å². The summed E-state index contributed by atoms with van der Waals surface area (Å²) in [7, 11) is 0. The van der Waals surface area contributed by atoms with Crippen molar-refractivity contribution >= 4 is 11.7 Å². The van der Waals surface area contributed by atoms with E-state index >= 15 is 0 Å². The maximum absolute atomic E-state index is 13.3. The van der Waals surface area contributed by atoms with E-state index in [9.17, 15) is 9.59 Å². The van der Waals surface area contributed by atoms with Gasteiger partial charge in [0.2, 0.25) is 0 Å². The Bertz CT molecular complexity index is 1160. The lowest BCUT2D eigenvalue weighted by Gasteiger charge is -2.37. The summed E-state index contributed by atoms with van der Waals surface area (Å²) in [6, 6.07) is 11.3. The Hall–Kier alpha value is -3.00. The minimum atomic E-state index is -0.844. The second-order valence-electron chi connectivity index (χ2n) is 9.31. The van der Waals surface area contributed by atoms with Gasteiger partial charge in [-0.1, -0.05) is 68.9 Å². The summed E-state index contributed by atoms with van der Waals surface area (Å²) < 4.78 is 7.63. The second-order valence-corrected chi connectivity index (χ2v) is 9.31. The predicted octanol–water partition coefficient (Wildman–Crippen LogP) is 3.75. The van der Waals surface area contributed by atoms with Crippen LogP contribution in [-0.2, 0) is 16.1 Å². The molecule has 0 spiro atoms. The molecule has 1 aromatic carbocycles. The molecular weight excluding hydrogens is 418 g/mol. The van der Waals surface area contributed by atoms with E-state index in [0.29, 0.717) is 30.1 Å². The number of carbonyl (C=O) groups excluding carboxylic acids is 1. The number of nitrogens with zero attached hydrogens (tertiary/aromatic N) is 3. The van der Waals surface area contributed by atoms with Crippen LogP contribution in [0.2, 0.25) is 0 Å². The van der Waals surface area contributed by atoms with Gasteiger partial charge in [-0.15, -0.1) is 0 Å². The lowest BCUT2D eigenvalue weighted by atomic mass is 9.83. The molecule has 2 N–H and O–H groups in total. The summed E-state index contributed by atoms with van der Waals surface area (Å²) in [6.45, 7) is 0.108. The molecule has 3 aromatic rings. The molecule has 0 atom stereocenters. The maximum atomic E-state index is 13.3. The molecule has 2 fully saturated rings. The van der Waals surface area contributed by atoms with Crippen molar-refractivity contribution in [3.8, 4) is 11.4 Å². The Balaban J connectivity index is 1.35. The molecule has 0 unspecified atom stereocenters. The zero-order valence-electron chi connectivity index (χ0n) is 18.9. The molecular formula is C25H31N5O3. The molecule has 0 saturated heterocycles. The van der Waals surface area contributed by atoms with Crippen molar-refractivity contribution in [2.45, 2.75) is 82.5 Å². The van der Waals surface area contributed by atoms with Crippen LogP contribution < -0.4 is 10.9 Å². The van der Waals surface area contributed by atoms with E-state index in [2.05, 4.69) is 20.4 Å². The molecule has 2 heterocycles. The number of fused-ring (bicyclic) bond motifs is 1. The average Bonchev–Trinajstić information content (AvgIpc) is 3.30. The first kappa shape index (κ1) is 21.8. The van der Waals surface area contributed by atoms with Crippen molar-refractivity contribution in [2.24, 2.45) is 0 Å². The number of aromatic nitrogens is 4. The summed E-state index contributed by atoms with van der Waals surface area (Å²) >= 11 is 0. The zero-order valence-corrected chi connectivity index (χ0v) is 18.9. The molecule has 5 rings (SSSR count). The smallest absolute Gasteiger partial charge is 0.274 e. The van der Waals surface area contributed by atoms with Crippen LogP contribution in [0, 0.1) is 0 Å². The van der Waals surface area contributed by atoms with E-state index in [4.69, 9.17) is 4.74 Å². The lowest BCUT2D eigenvalue weighted by Crippen LogP contribution is -2.53. The van der Waals surface area contributed by atoms with Crippen LogP contribution >= 0.6 is 0 Å². The summed E-state index contributed by atoms with van der Waals surface area (Å²) in [6.07, 6.45) is 10.1. The standard InChI is InChI=1S/C25H31N5O3/c31-21-16-20(27-24-28-22(29-30(21)24)18-10-4-1-5-11-18)17-33-25(14-8-3-9-15-25)23(32)26-19-12-6-2-7-13-19/h1,4-5,10-11,16,19H,2-3,6-9,12-15,17H2,(H,26,32)(H,27,28,29). The van der Waals surface area contributed by atoms with Gasteiger partial charge in [0.05, 0.1) is 12.3 Å². The van der Waals surface area contributed by atoms with Crippen LogP contribution in [0.3, 0.4) is 0 Å². The number of amides is 1. The van der Waals surface area contributed by atoms with Crippen molar-refractivity contribution in [2.75, 3.05) is 0 Å². The summed E-state index contributed by atoms with van der Waals surface area (Å²) in [5.74, 6) is 0.871. The number of H-pyrrole nitrogens is 1. The van der Waals surface area contributed by atoms with Crippen LogP contribution in [-0.4, -0.2) is 37.1 Å². The minimum absolute atomic E-state index is 0.00182. The molecule has 8 nitrogen and oxygen atoms in total. The van der Waals surface area contributed by atoms with Gasteiger partial charge in [-0.25, -0.2) is 4.98 Å². The molecule has 33 heavy (non-hydrogen) atoms. The Labute approximate surface area is 192 Å². The lowest BCUT2D eigenvalue weighted by molar-refractivity contribution is -0.155. The number of hydrogen-bond donors (Lipinski definition) is 2. The van der Waals surface area contributed by atoms with E-state index in [1.54, 1.807) is 0 Å². The SMILES string of the molecule is O=C(NC1CCCCC1)C1(OCc2cc(=O)n3[nH]c(-c4ccccc4)nc3n2)CCCCC1. The van der Waals surface area contributed by atoms with Crippen molar-refractivity contribution in [3.63, 3.8) is 0 Å². The monoisotopic (exact) mass is 449 g/mol. The number of hydrogen-bond acceptors (Lipinski definition) is 5. The van der Waals surface area contributed by atoms with Crippen molar-refractivity contribution in [1.29, 1.82) is 0 Å². The predicted molar refractivity (Wildman–Crippen MR) is 125 cm³/mol. The van der Waals surface area contributed by atoms with Gasteiger partial charge < -0.3 is 10.1 Å². The van der Waals surface area contributed by atoms with E-state index in [1.807, 2.05) is 30.3 Å². The number of rotatable bonds is 6. The fourth-order valence-corrected chi connectivity index (χ4v) is 5.06. The van der Waals surface area contributed by atoms with Crippen LogP contribution in [0.25, 0.3) is 17.2 Å². The molecule has 0 bridgehead atoms. The van der Waals surface area contributed by atoms with Crippen molar-refractivity contribution in [3.05, 3.63) is 52.4 Å².